The second kappa shape index (κ2) is 11.2. The van der Waals surface area contributed by atoms with Gasteiger partial charge >= 0.3 is 0 Å². The van der Waals surface area contributed by atoms with E-state index in [1.165, 1.54) is 10.8 Å². The Morgan fingerprint density at radius 3 is 1.61 bits per heavy atom. The van der Waals surface area contributed by atoms with E-state index < -0.39 is 0 Å². The fourth-order valence-electron chi connectivity index (χ4n) is 9.18. The summed E-state index contributed by atoms with van der Waals surface area (Å²) in [7, 11) is 0. The third kappa shape index (κ3) is 3.97. The molecule has 0 aliphatic rings. The van der Waals surface area contributed by atoms with Crippen molar-refractivity contribution < 1.29 is 4.42 Å². The number of benzene rings is 8. The number of furan rings is 1. The van der Waals surface area contributed by atoms with Crippen molar-refractivity contribution in [2.75, 3.05) is 0 Å². The first-order chi connectivity index (χ1) is 27.7. The minimum atomic E-state index is 0.450. The largest absolute Gasteiger partial charge is 0.455 e. The summed E-state index contributed by atoms with van der Waals surface area (Å²) in [4.78, 5) is 4.28. The first-order valence-corrected chi connectivity index (χ1v) is 18.5. The lowest BCUT2D eigenvalue weighted by atomic mass is 10.1. The van der Waals surface area contributed by atoms with Gasteiger partial charge in [-0.2, -0.15) is 5.26 Å². The molecule has 0 spiro atoms. The normalized spacial score (nSPS) is 11.9. The van der Waals surface area contributed by atoms with Crippen LogP contribution in [-0.2, 0) is 0 Å². The third-order valence-corrected chi connectivity index (χ3v) is 11.5. The molecule has 12 rings (SSSR count). The molecular formula is C50H27N5O. The Hall–Kier alpha value is -8.06. The predicted octanol–water partition coefficient (Wildman–Crippen LogP) is 13.3. The number of aromatic nitrogens is 3. The van der Waals surface area contributed by atoms with E-state index in [1.54, 1.807) is 0 Å². The van der Waals surface area contributed by atoms with Crippen molar-refractivity contribution in [2.24, 2.45) is 0 Å². The van der Waals surface area contributed by atoms with Crippen LogP contribution in [0.4, 0.5) is 5.69 Å². The molecule has 0 radical (unpaired) electrons. The molecule has 0 N–H and O–H groups in total. The van der Waals surface area contributed by atoms with Crippen LogP contribution in [0.5, 0.6) is 0 Å². The van der Waals surface area contributed by atoms with E-state index >= 15 is 0 Å². The molecule has 0 unspecified atom stereocenters. The Morgan fingerprint density at radius 2 is 0.964 bits per heavy atom. The van der Waals surface area contributed by atoms with E-state index in [2.05, 4.69) is 140 Å². The average molecular weight is 714 g/mol. The molecule has 0 saturated heterocycles. The van der Waals surface area contributed by atoms with Crippen LogP contribution in [0.1, 0.15) is 5.56 Å². The van der Waals surface area contributed by atoms with Gasteiger partial charge in [-0.1, -0.05) is 91.0 Å². The van der Waals surface area contributed by atoms with Crippen LogP contribution in [-0.4, -0.2) is 13.7 Å². The third-order valence-electron chi connectivity index (χ3n) is 11.5. The first kappa shape index (κ1) is 30.4. The Bertz CT molecular complexity index is 3690. The van der Waals surface area contributed by atoms with Gasteiger partial charge in [0.1, 0.15) is 11.2 Å². The van der Waals surface area contributed by atoms with Crippen molar-refractivity contribution in [3.63, 3.8) is 0 Å². The summed E-state index contributed by atoms with van der Waals surface area (Å²) in [5, 5.41) is 19.2. The minimum Gasteiger partial charge on any atom is -0.455 e. The monoisotopic (exact) mass is 713 g/mol. The van der Waals surface area contributed by atoms with Crippen LogP contribution in [0.3, 0.4) is 0 Å². The van der Waals surface area contributed by atoms with E-state index in [1.807, 2.05) is 48.5 Å². The fourth-order valence-corrected chi connectivity index (χ4v) is 9.18. The van der Waals surface area contributed by atoms with Gasteiger partial charge in [-0.3, -0.25) is 0 Å². The summed E-state index contributed by atoms with van der Waals surface area (Å²) in [5.74, 6) is 0. The maximum absolute atomic E-state index is 10.6. The molecule has 0 aliphatic carbocycles. The molecular weight excluding hydrogens is 687 g/mol. The molecule has 0 amide bonds. The quantitative estimate of drug-likeness (QED) is 0.171. The molecule has 56 heavy (non-hydrogen) atoms. The fraction of sp³-hybridized carbons (Fsp3) is 0. The highest BCUT2D eigenvalue weighted by atomic mass is 16.3. The lowest BCUT2D eigenvalue weighted by Gasteiger charge is -2.17. The second-order valence-electron chi connectivity index (χ2n) is 14.3. The highest BCUT2D eigenvalue weighted by Crippen LogP contribution is 2.45. The van der Waals surface area contributed by atoms with Crippen molar-refractivity contribution >= 4 is 93.0 Å². The zero-order valence-corrected chi connectivity index (χ0v) is 29.7. The summed E-state index contributed by atoms with van der Waals surface area (Å²) >= 11 is 0. The summed E-state index contributed by atoms with van der Waals surface area (Å²) in [6.07, 6.45) is 0. The molecule has 0 atom stereocenters. The van der Waals surface area contributed by atoms with E-state index in [0.717, 1.165) is 82.3 Å². The van der Waals surface area contributed by atoms with Crippen LogP contribution < -0.4 is 0 Å². The van der Waals surface area contributed by atoms with Crippen molar-refractivity contribution in [1.82, 2.24) is 13.7 Å². The van der Waals surface area contributed by atoms with Gasteiger partial charge in [0.2, 0.25) is 5.69 Å². The number of para-hydroxylation sites is 5. The molecule has 4 heterocycles. The van der Waals surface area contributed by atoms with Crippen LogP contribution in [0.15, 0.2) is 168 Å². The van der Waals surface area contributed by atoms with Gasteiger partial charge in [-0.15, -0.1) is 0 Å². The van der Waals surface area contributed by atoms with Gasteiger partial charge in [0.25, 0.3) is 0 Å². The average Bonchev–Trinajstić information content (AvgIpc) is 3.99. The smallest absolute Gasteiger partial charge is 0.234 e. The SMILES string of the molecule is [C-]#[N+]c1c(-n2c3ccccc3c3cc(-n4c5ccccc5c5ccccc54)ccc32)cc(C#N)cc1-n1c2ccccc2c2c3oc4ccccc4c3ccc21. The number of hydrogen-bond acceptors (Lipinski definition) is 2. The number of nitrogens with zero attached hydrogens (tertiary/aromatic N) is 5. The molecule has 0 aliphatic heterocycles. The number of nitriles is 1. The predicted molar refractivity (Wildman–Crippen MR) is 228 cm³/mol. The second-order valence-corrected chi connectivity index (χ2v) is 14.3. The Kier molecular flexibility index (Phi) is 6.10. The van der Waals surface area contributed by atoms with Crippen molar-refractivity contribution in [3.8, 4) is 23.1 Å². The number of fused-ring (bicyclic) bond motifs is 13. The standard InChI is InChI=1S/C50H27N5O/c1-52-49-45(26-30(29-51)27-46(49)55-42-20-10-5-16-37(42)48-44(55)25-23-36-35-15-6-11-21-47(35)56-50(36)48)54-41-19-9-4-14-34(41)38-28-31(22-24-43(38)54)53-39-17-7-2-12-32(39)33-13-3-8-18-40(33)53/h2-28H. The van der Waals surface area contributed by atoms with Crippen molar-refractivity contribution in [1.29, 1.82) is 5.26 Å². The molecule has 0 bridgehead atoms. The van der Waals surface area contributed by atoms with Gasteiger partial charge in [-0.25, -0.2) is 4.85 Å². The minimum absolute atomic E-state index is 0.450. The highest BCUT2D eigenvalue weighted by molar-refractivity contribution is 6.24. The first-order valence-electron chi connectivity index (χ1n) is 18.5. The number of hydrogen-bond donors (Lipinski definition) is 0. The lowest BCUT2D eigenvalue weighted by Crippen LogP contribution is -2.01. The molecule has 0 fully saturated rings. The Balaban J connectivity index is 1.16. The molecule has 12 aromatic rings. The molecule has 6 nitrogen and oxygen atoms in total. The zero-order chi connectivity index (χ0) is 37.1. The summed E-state index contributed by atoms with van der Waals surface area (Å²) in [6.45, 7) is 8.77. The molecule has 258 valence electrons. The van der Waals surface area contributed by atoms with Gasteiger partial charge in [0.05, 0.1) is 68.1 Å². The molecule has 8 aromatic carbocycles. The van der Waals surface area contributed by atoms with E-state index in [-0.39, 0.29) is 0 Å². The van der Waals surface area contributed by atoms with E-state index in [9.17, 15) is 5.26 Å². The van der Waals surface area contributed by atoms with Gasteiger partial charge in [0, 0.05) is 43.4 Å². The van der Waals surface area contributed by atoms with Gasteiger partial charge < -0.3 is 18.1 Å². The molecule has 6 heteroatoms. The van der Waals surface area contributed by atoms with Gasteiger partial charge in [-0.05, 0) is 72.8 Å². The van der Waals surface area contributed by atoms with Crippen LogP contribution in [0.25, 0.3) is 109 Å². The van der Waals surface area contributed by atoms with E-state index in [4.69, 9.17) is 11.0 Å². The maximum atomic E-state index is 10.6. The van der Waals surface area contributed by atoms with E-state index in [0.29, 0.717) is 22.6 Å². The highest BCUT2D eigenvalue weighted by Gasteiger charge is 2.24. The molecule has 0 saturated carbocycles. The Morgan fingerprint density at radius 1 is 0.464 bits per heavy atom. The van der Waals surface area contributed by atoms with Crippen LogP contribution in [0, 0.1) is 17.9 Å². The topological polar surface area (TPSA) is 56.1 Å². The zero-order valence-electron chi connectivity index (χ0n) is 29.7. The lowest BCUT2D eigenvalue weighted by molar-refractivity contribution is 0.673. The van der Waals surface area contributed by atoms with Crippen LogP contribution in [0.2, 0.25) is 0 Å². The van der Waals surface area contributed by atoms with Crippen molar-refractivity contribution in [3.05, 3.63) is 181 Å². The van der Waals surface area contributed by atoms with Crippen molar-refractivity contribution in [2.45, 2.75) is 0 Å². The summed E-state index contributed by atoms with van der Waals surface area (Å²) in [6, 6.07) is 58.7. The maximum Gasteiger partial charge on any atom is 0.234 e. The van der Waals surface area contributed by atoms with Gasteiger partial charge in [0.15, 0.2) is 0 Å². The number of rotatable bonds is 3. The Labute approximate surface area is 319 Å². The summed E-state index contributed by atoms with van der Waals surface area (Å²) < 4.78 is 13.2. The summed E-state index contributed by atoms with van der Waals surface area (Å²) in [5.41, 5.74) is 10.9. The molecule has 4 aromatic heterocycles. The van der Waals surface area contributed by atoms with Crippen LogP contribution >= 0.6 is 0 Å².